The number of carbonyl (C=O) groups is 1. The number of ether oxygens (including phenoxy) is 3. The number of amides is 1. The third-order valence-electron chi connectivity index (χ3n) is 4.78. The van der Waals surface area contributed by atoms with Crippen LogP contribution in [0.1, 0.15) is 48.0 Å². The molecule has 2 rings (SSSR count). The molecule has 8 nitrogen and oxygen atoms in total. The Balaban J connectivity index is 1.96. The highest BCUT2D eigenvalue weighted by atomic mass is 16.7. The zero-order chi connectivity index (χ0) is 18.3. The second-order valence-corrected chi connectivity index (χ2v) is 8.20. The van der Waals surface area contributed by atoms with Crippen molar-refractivity contribution in [3.63, 3.8) is 0 Å². The molecule has 2 aliphatic heterocycles. The van der Waals surface area contributed by atoms with E-state index in [0.717, 1.165) is 5.06 Å². The number of aliphatic hydroxyl groups excluding tert-OH is 1. The van der Waals surface area contributed by atoms with E-state index < -0.39 is 41.2 Å². The molecule has 8 heteroatoms. The number of rotatable bonds is 2. The first-order valence-electron chi connectivity index (χ1n) is 8.26. The van der Waals surface area contributed by atoms with Gasteiger partial charge in [-0.3, -0.25) is 0 Å². The largest absolute Gasteiger partial charge is 0.444 e. The second kappa shape index (κ2) is 6.42. The molecular weight excluding hydrogens is 316 g/mol. The van der Waals surface area contributed by atoms with Gasteiger partial charge in [0.25, 0.3) is 0 Å². The van der Waals surface area contributed by atoms with Gasteiger partial charge in [0.05, 0.1) is 30.9 Å². The quantitative estimate of drug-likeness (QED) is 0.780. The Morgan fingerprint density at radius 1 is 1.17 bits per heavy atom. The number of carbonyl (C=O) groups excluding carboxylic acids is 1. The molecule has 2 N–H and O–H groups in total. The van der Waals surface area contributed by atoms with Crippen LogP contribution in [0.15, 0.2) is 0 Å². The smallest absolute Gasteiger partial charge is 0.407 e. The fraction of sp³-hybridized carbons (Fsp3) is 0.938. The average Bonchev–Trinajstić information content (AvgIpc) is 2.55. The Labute approximate surface area is 143 Å². The lowest BCUT2D eigenvalue weighted by molar-refractivity contribution is -0.251. The number of nitrogens with zero attached hydrogens (tertiary/aromatic N) is 1. The van der Waals surface area contributed by atoms with E-state index in [1.54, 1.807) is 27.7 Å². The van der Waals surface area contributed by atoms with Crippen LogP contribution >= 0.6 is 0 Å². The number of hydroxylamine groups is 2. The maximum Gasteiger partial charge on any atom is 0.407 e. The SMILES string of the molecule is CC1(C)OCC(O)C(NC(=O)OC2CC(C)(C)N([O])C2(C)C)CO1. The van der Waals surface area contributed by atoms with Crippen molar-refractivity contribution in [2.75, 3.05) is 13.2 Å². The van der Waals surface area contributed by atoms with E-state index in [2.05, 4.69) is 5.32 Å². The van der Waals surface area contributed by atoms with Crippen LogP contribution in [0.25, 0.3) is 0 Å². The van der Waals surface area contributed by atoms with Gasteiger partial charge in [-0.1, -0.05) is 0 Å². The molecule has 24 heavy (non-hydrogen) atoms. The predicted octanol–water partition coefficient (Wildman–Crippen LogP) is 1.20. The first-order valence-corrected chi connectivity index (χ1v) is 8.26. The molecule has 0 aromatic heterocycles. The summed E-state index contributed by atoms with van der Waals surface area (Å²) >= 11 is 0. The van der Waals surface area contributed by atoms with Crippen molar-refractivity contribution >= 4 is 6.09 Å². The molecule has 0 aromatic carbocycles. The highest BCUT2D eigenvalue weighted by Crippen LogP contribution is 2.41. The summed E-state index contributed by atoms with van der Waals surface area (Å²) in [6.45, 7) is 10.8. The number of hydrogen-bond acceptors (Lipinski definition) is 6. The molecule has 0 aliphatic carbocycles. The summed E-state index contributed by atoms with van der Waals surface area (Å²) in [5.74, 6) is -0.818. The zero-order valence-corrected chi connectivity index (χ0v) is 15.3. The Morgan fingerprint density at radius 3 is 2.29 bits per heavy atom. The topological polar surface area (TPSA) is 100 Å². The molecule has 0 spiro atoms. The Kier molecular flexibility index (Phi) is 5.19. The Hall–Kier alpha value is -0.930. The molecular formula is C16H29N2O6. The number of nitrogens with one attached hydrogen (secondary N) is 1. The maximum atomic E-state index is 12.3. The van der Waals surface area contributed by atoms with E-state index in [1.807, 2.05) is 13.8 Å². The van der Waals surface area contributed by atoms with Gasteiger partial charge in [-0.05, 0) is 41.5 Å². The van der Waals surface area contributed by atoms with Gasteiger partial charge < -0.3 is 24.6 Å². The van der Waals surface area contributed by atoms with Crippen LogP contribution < -0.4 is 5.32 Å². The van der Waals surface area contributed by atoms with Crippen molar-refractivity contribution in [2.45, 2.75) is 83.1 Å². The molecule has 139 valence electrons. The lowest BCUT2D eigenvalue weighted by atomic mass is 9.97. The standard InChI is InChI=1S/C16H29N2O6/c1-14(2)7-12(15(3,4)18(14)21)24-13(20)17-10-8-22-16(5,6)23-9-11(10)19/h10-12,19H,7-9H2,1-6H3,(H,17,20). The van der Waals surface area contributed by atoms with Crippen molar-refractivity contribution in [1.82, 2.24) is 10.4 Å². The molecule has 2 fully saturated rings. The van der Waals surface area contributed by atoms with Crippen LogP contribution in [0.4, 0.5) is 4.79 Å². The summed E-state index contributed by atoms with van der Waals surface area (Å²) in [5.41, 5.74) is -1.41. The molecule has 0 aromatic rings. The third-order valence-corrected chi connectivity index (χ3v) is 4.78. The van der Waals surface area contributed by atoms with Crippen molar-refractivity contribution < 1.29 is 29.3 Å². The van der Waals surface area contributed by atoms with E-state index in [1.165, 1.54) is 0 Å². The van der Waals surface area contributed by atoms with Gasteiger partial charge in [-0.15, -0.1) is 10.3 Å². The normalized spacial score (nSPS) is 35.2. The molecule has 1 radical (unpaired) electrons. The monoisotopic (exact) mass is 345 g/mol. The number of alkyl carbamates (subject to hydrolysis) is 1. The summed E-state index contributed by atoms with van der Waals surface area (Å²) in [5, 5.41) is 26.0. The van der Waals surface area contributed by atoms with E-state index in [-0.39, 0.29) is 13.2 Å². The van der Waals surface area contributed by atoms with Crippen molar-refractivity contribution in [2.24, 2.45) is 0 Å². The summed E-state index contributed by atoms with van der Waals surface area (Å²) in [6, 6.07) is -0.639. The molecule has 0 bridgehead atoms. The van der Waals surface area contributed by atoms with Gasteiger partial charge >= 0.3 is 6.09 Å². The van der Waals surface area contributed by atoms with Gasteiger partial charge in [0.1, 0.15) is 6.10 Å². The third kappa shape index (κ3) is 4.00. The summed E-state index contributed by atoms with van der Waals surface area (Å²) < 4.78 is 16.4. The van der Waals surface area contributed by atoms with Crippen LogP contribution in [-0.2, 0) is 19.4 Å². The van der Waals surface area contributed by atoms with Crippen LogP contribution in [0, 0.1) is 0 Å². The highest BCUT2D eigenvalue weighted by Gasteiger charge is 2.54. The lowest BCUT2D eigenvalue weighted by Crippen LogP contribution is -2.51. The lowest BCUT2D eigenvalue weighted by Gasteiger charge is -2.33. The fourth-order valence-electron chi connectivity index (χ4n) is 3.18. The molecule has 2 heterocycles. The molecule has 1 amide bonds. The molecule has 3 atom stereocenters. The first-order chi connectivity index (χ1) is 10.8. The fourth-order valence-corrected chi connectivity index (χ4v) is 3.18. The predicted molar refractivity (Wildman–Crippen MR) is 84.5 cm³/mol. The van der Waals surface area contributed by atoms with Gasteiger partial charge in [-0.2, -0.15) is 0 Å². The van der Waals surface area contributed by atoms with E-state index in [9.17, 15) is 15.1 Å². The van der Waals surface area contributed by atoms with Crippen LogP contribution in [0.2, 0.25) is 0 Å². The first kappa shape index (κ1) is 19.4. The molecule has 0 saturated carbocycles. The van der Waals surface area contributed by atoms with E-state index >= 15 is 0 Å². The highest BCUT2D eigenvalue weighted by molar-refractivity contribution is 5.68. The summed E-state index contributed by atoms with van der Waals surface area (Å²) in [4.78, 5) is 12.2. The Morgan fingerprint density at radius 2 is 1.75 bits per heavy atom. The molecule has 3 unspecified atom stereocenters. The second-order valence-electron chi connectivity index (χ2n) is 8.20. The minimum Gasteiger partial charge on any atom is -0.444 e. The number of hydrogen-bond donors (Lipinski definition) is 2. The minimum absolute atomic E-state index is 0.0498. The molecule has 2 saturated heterocycles. The van der Waals surface area contributed by atoms with E-state index in [0.29, 0.717) is 6.42 Å². The number of aliphatic hydroxyl groups is 1. The van der Waals surface area contributed by atoms with Gasteiger partial charge in [0.15, 0.2) is 5.79 Å². The summed E-state index contributed by atoms with van der Waals surface area (Å²) in [6.07, 6.45) is -1.67. The maximum absolute atomic E-state index is 12.3. The van der Waals surface area contributed by atoms with Gasteiger partial charge in [0, 0.05) is 12.0 Å². The zero-order valence-electron chi connectivity index (χ0n) is 15.3. The average molecular weight is 345 g/mol. The van der Waals surface area contributed by atoms with Gasteiger partial charge in [0.2, 0.25) is 0 Å². The van der Waals surface area contributed by atoms with Crippen molar-refractivity contribution in [3.05, 3.63) is 0 Å². The minimum atomic E-state index is -0.900. The van der Waals surface area contributed by atoms with Crippen LogP contribution in [-0.4, -0.2) is 64.6 Å². The van der Waals surface area contributed by atoms with Crippen LogP contribution in [0.5, 0.6) is 0 Å². The Bertz CT molecular complexity index is 479. The van der Waals surface area contributed by atoms with Gasteiger partial charge in [-0.25, -0.2) is 4.79 Å². The van der Waals surface area contributed by atoms with E-state index in [4.69, 9.17) is 14.2 Å². The summed E-state index contributed by atoms with van der Waals surface area (Å²) in [7, 11) is 0. The molecule has 2 aliphatic rings. The van der Waals surface area contributed by atoms with Crippen molar-refractivity contribution in [1.29, 1.82) is 0 Å². The van der Waals surface area contributed by atoms with Crippen LogP contribution in [0.3, 0.4) is 0 Å². The van der Waals surface area contributed by atoms with Crippen molar-refractivity contribution in [3.8, 4) is 0 Å².